The molecule has 1 unspecified atom stereocenters. The van der Waals surface area contributed by atoms with Crippen LogP contribution >= 0.6 is 11.6 Å². The predicted octanol–water partition coefficient (Wildman–Crippen LogP) is 2.11. The molecule has 0 spiro atoms. The lowest BCUT2D eigenvalue weighted by atomic mass is 10.3. The Bertz CT molecular complexity index is 393. The first-order valence-electron chi connectivity index (χ1n) is 5.53. The van der Waals surface area contributed by atoms with Gasteiger partial charge in [-0.05, 0) is 26.7 Å². The molecule has 1 aliphatic rings. The number of anilines is 1. The van der Waals surface area contributed by atoms with E-state index in [0.717, 1.165) is 30.0 Å². The number of aromatic nitrogens is 2. The van der Waals surface area contributed by atoms with Gasteiger partial charge in [-0.25, -0.2) is 9.97 Å². The summed E-state index contributed by atoms with van der Waals surface area (Å²) in [6.45, 7) is 3.84. The molecule has 0 bridgehead atoms. The minimum absolute atomic E-state index is 0.0308. The smallest absolute Gasteiger partial charge is 0.137 e. The quantitative estimate of drug-likeness (QED) is 0.793. The molecule has 5 heteroatoms. The summed E-state index contributed by atoms with van der Waals surface area (Å²) in [7, 11) is 0. The van der Waals surface area contributed by atoms with Crippen LogP contribution < -0.4 is 5.32 Å². The number of hydrogen-bond donors (Lipinski definition) is 2. The second kappa shape index (κ2) is 4.55. The van der Waals surface area contributed by atoms with Gasteiger partial charge in [0.15, 0.2) is 0 Å². The number of rotatable bonds is 4. The van der Waals surface area contributed by atoms with Crippen LogP contribution in [-0.4, -0.2) is 27.7 Å². The Hall–Kier alpha value is -0.870. The maximum atomic E-state index is 9.01. The molecule has 1 saturated carbocycles. The molecule has 0 aromatic carbocycles. The number of hydrogen-bond acceptors (Lipinski definition) is 4. The van der Waals surface area contributed by atoms with Crippen LogP contribution in [-0.2, 0) is 0 Å². The van der Waals surface area contributed by atoms with Crippen LogP contribution in [0.25, 0.3) is 0 Å². The lowest BCUT2D eigenvalue weighted by Gasteiger charge is -2.15. The Kier molecular flexibility index (Phi) is 3.30. The van der Waals surface area contributed by atoms with Crippen LogP contribution in [0.5, 0.6) is 0 Å². The highest BCUT2D eigenvalue weighted by atomic mass is 35.5. The average Bonchev–Trinajstić information content (AvgIpc) is 3.07. The monoisotopic (exact) mass is 241 g/mol. The van der Waals surface area contributed by atoms with E-state index < -0.39 is 0 Å². The lowest BCUT2D eigenvalue weighted by Crippen LogP contribution is -2.21. The summed E-state index contributed by atoms with van der Waals surface area (Å²) >= 11 is 6.06. The van der Waals surface area contributed by atoms with E-state index in [1.807, 2.05) is 13.8 Å². The standard InChI is InChI=1S/C11H16ClN3O/c1-6(5-16)13-10-7(2)9(12)14-11(15-10)8-3-4-8/h6,8,16H,3-5H2,1-2H3,(H,13,14,15). The number of nitrogens with zero attached hydrogens (tertiary/aromatic N) is 2. The van der Waals surface area contributed by atoms with E-state index in [-0.39, 0.29) is 12.6 Å². The molecule has 1 aromatic rings. The number of nitrogens with one attached hydrogen (secondary N) is 1. The largest absolute Gasteiger partial charge is 0.394 e. The molecule has 0 radical (unpaired) electrons. The van der Waals surface area contributed by atoms with Crippen LogP contribution in [0, 0.1) is 6.92 Å². The van der Waals surface area contributed by atoms with Crippen LogP contribution in [0.4, 0.5) is 5.82 Å². The van der Waals surface area contributed by atoms with Gasteiger partial charge in [0.1, 0.15) is 16.8 Å². The van der Waals surface area contributed by atoms with Gasteiger partial charge in [0.2, 0.25) is 0 Å². The third-order valence-corrected chi connectivity index (χ3v) is 3.07. The molecule has 2 N–H and O–H groups in total. The van der Waals surface area contributed by atoms with Crippen molar-refractivity contribution in [1.29, 1.82) is 0 Å². The summed E-state index contributed by atoms with van der Waals surface area (Å²) in [6, 6.07) is -0.0308. The van der Waals surface area contributed by atoms with Crippen molar-refractivity contribution in [3.63, 3.8) is 0 Å². The first-order chi connectivity index (χ1) is 7.61. The van der Waals surface area contributed by atoms with Gasteiger partial charge in [-0.3, -0.25) is 0 Å². The topological polar surface area (TPSA) is 58.0 Å². The maximum absolute atomic E-state index is 9.01. The van der Waals surface area contributed by atoms with Crippen molar-refractivity contribution in [2.24, 2.45) is 0 Å². The van der Waals surface area contributed by atoms with Crippen LogP contribution in [0.15, 0.2) is 0 Å². The second-order valence-corrected chi connectivity index (χ2v) is 4.71. The SMILES string of the molecule is Cc1c(Cl)nc(C2CC2)nc1NC(C)CO. The minimum atomic E-state index is -0.0308. The van der Waals surface area contributed by atoms with Crippen molar-refractivity contribution in [3.05, 3.63) is 16.5 Å². The van der Waals surface area contributed by atoms with Gasteiger partial charge in [0.05, 0.1) is 6.61 Å². The van der Waals surface area contributed by atoms with Gasteiger partial charge in [0.25, 0.3) is 0 Å². The van der Waals surface area contributed by atoms with Gasteiger partial charge in [-0.2, -0.15) is 0 Å². The molecule has 1 aromatic heterocycles. The molecular weight excluding hydrogens is 226 g/mol. The molecule has 0 aliphatic heterocycles. The summed E-state index contributed by atoms with van der Waals surface area (Å²) in [5, 5.41) is 12.7. The van der Waals surface area contributed by atoms with Crippen LogP contribution in [0.1, 0.15) is 37.1 Å². The van der Waals surface area contributed by atoms with Gasteiger partial charge in [-0.1, -0.05) is 11.6 Å². The Morgan fingerprint density at radius 2 is 2.19 bits per heavy atom. The van der Waals surface area contributed by atoms with E-state index in [0.29, 0.717) is 11.1 Å². The highest BCUT2D eigenvalue weighted by Crippen LogP contribution is 2.39. The van der Waals surface area contributed by atoms with E-state index >= 15 is 0 Å². The lowest BCUT2D eigenvalue weighted by molar-refractivity contribution is 0.281. The van der Waals surface area contributed by atoms with Crippen molar-refractivity contribution in [2.75, 3.05) is 11.9 Å². The number of aliphatic hydroxyl groups is 1. The Morgan fingerprint density at radius 1 is 1.50 bits per heavy atom. The highest BCUT2D eigenvalue weighted by Gasteiger charge is 2.28. The zero-order valence-electron chi connectivity index (χ0n) is 9.50. The maximum Gasteiger partial charge on any atom is 0.137 e. The zero-order chi connectivity index (χ0) is 11.7. The molecule has 16 heavy (non-hydrogen) atoms. The van der Waals surface area contributed by atoms with Crippen molar-refractivity contribution in [3.8, 4) is 0 Å². The second-order valence-electron chi connectivity index (χ2n) is 4.35. The summed E-state index contributed by atoms with van der Waals surface area (Å²) < 4.78 is 0. The fourth-order valence-electron chi connectivity index (χ4n) is 1.45. The molecule has 1 heterocycles. The molecule has 4 nitrogen and oxygen atoms in total. The first-order valence-corrected chi connectivity index (χ1v) is 5.91. The predicted molar refractivity (Wildman–Crippen MR) is 63.9 cm³/mol. The molecule has 0 amide bonds. The Morgan fingerprint density at radius 3 is 2.75 bits per heavy atom. The van der Waals surface area contributed by atoms with Crippen molar-refractivity contribution in [2.45, 2.75) is 38.6 Å². The minimum Gasteiger partial charge on any atom is -0.394 e. The molecule has 88 valence electrons. The fourth-order valence-corrected chi connectivity index (χ4v) is 1.63. The molecule has 1 aliphatic carbocycles. The van der Waals surface area contributed by atoms with E-state index in [4.69, 9.17) is 16.7 Å². The Balaban J connectivity index is 2.27. The number of aliphatic hydroxyl groups excluding tert-OH is 1. The summed E-state index contributed by atoms with van der Waals surface area (Å²) in [5.74, 6) is 2.04. The first kappa shape index (κ1) is 11.6. The molecule has 0 saturated heterocycles. The van der Waals surface area contributed by atoms with E-state index in [1.54, 1.807) is 0 Å². The van der Waals surface area contributed by atoms with Gasteiger partial charge < -0.3 is 10.4 Å². The Labute approximate surface area is 100 Å². The third-order valence-electron chi connectivity index (χ3n) is 2.70. The van der Waals surface area contributed by atoms with Gasteiger partial charge >= 0.3 is 0 Å². The van der Waals surface area contributed by atoms with Crippen molar-refractivity contribution >= 4 is 17.4 Å². The normalized spacial score (nSPS) is 17.2. The fraction of sp³-hybridized carbons (Fsp3) is 0.636. The highest BCUT2D eigenvalue weighted by molar-refractivity contribution is 6.30. The van der Waals surface area contributed by atoms with Crippen molar-refractivity contribution < 1.29 is 5.11 Å². The summed E-state index contributed by atoms with van der Waals surface area (Å²) in [5.41, 5.74) is 0.839. The average molecular weight is 242 g/mol. The number of halogens is 1. The van der Waals surface area contributed by atoms with Crippen LogP contribution in [0.3, 0.4) is 0 Å². The summed E-state index contributed by atoms with van der Waals surface area (Å²) in [4.78, 5) is 8.75. The van der Waals surface area contributed by atoms with E-state index in [9.17, 15) is 0 Å². The van der Waals surface area contributed by atoms with E-state index in [2.05, 4.69) is 15.3 Å². The van der Waals surface area contributed by atoms with E-state index in [1.165, 1.54) is 0 Å². The van der Waals surface area contributed by atoms with Gasteiger partial charge in [0, 0.05) is 17.5 Å². The molecule has 1 atom stereocenters. The van der Waals surface area contributed by atoms with Crippen LogP contribution in [0.2, 0.25) is 5.15 Å². The molecular formula is C11H16ClN3O. The van der Waals surface area contributed by atoms with Crippen molar-refractivity contribution in [1.82, 2.24) is 9.97 Å². The summed E-state index contributed by atoms with van der Waals surface area (Å²) in [6.07, 6.45) is 2.29. The molecule has 1 fully saturated rings. The zero-order valence-corrected chi connectivity index (χ0v) is 10.3. The third kappa shape index (κ3) is 2.44. The van der Waals surface area contributed by atoms with Gasteiger partial charge in [-0.15, -0.1) is 0 Å². The molecule has 2 rings (SSSR count).